The Hall–Kier alpha value is -2.80. The van der Waals surface area contributed by atoms with Gasteiger partial charge >= 0.3 is 12.1 Å². The van der Waals surface area contributed by atoms with E-state index in [0.717, 1.165) is 11.0 Å². The number of rotatable bonds is 4. The minimum atomic E-state index is -0.895. The number of halogens is 2. The number of carbonyl (C=O) groups is 2. The van der Waals surface area contributed by atoms with Crippen LogP contribution < -0.4 is 10.6 Å². The molecule has 0 aliphatic carbocycles. The fraction of sp³-hybridized carbons (Fsp3) is 0.176. The van der Waals surface area contributed by atoms with Gasteiger partial charge in [0.2, 0.25) is 0 Å². The summed E-state index contributed by atoms with van der Waals surface area (Å²) in [5.74, 6) is -1.65. The van der Waals surface area contributed by atoms with Crippen LogP contribution in [-0.4, -0.2) is 25.8 Å². The lowest BCUT2D eigenvalue weighted by molar-refractivity contribution is 0.0600. The molecule has 8 heteroatoms. The summed E-state index contributed by atoms with van der Waals surface area (Å²) in [4.78, 5) is 24.9. The minimum absolute atomic E-state index is 0.0710. The van der Waals surface area contributed by atoms with Gasteiger partial charge in [-0.25, -0.2) is 18.9 Å². The van der Waals surface area contributed by atoms with Gasteiger partial charge in [0.15, 0.2) is 0 Å². The van der Waals surface area contributed by atoms with Crippen molar-refractivity contribution in [2.45, 2.75) is 6.92 Å². The quantitative estimate of drug-likeness (QED) is 0.649. The Balaban J connectivity index is 2.65. The van der Waals surface area contributed by atoms with Crippen molar-refractivity contribution in [3.8, 4) is 0 Å². The van der Waals surface area contributed by atoms with Crippen LogP contribution in [-0.2, 0) is 9.47 Å². The first-order valence-corrected chi connectivity index (χ1v) is 7.67. The lowest BCUT2D eigenvalue weighted by Crippen LogP contribution is -2.29. The number of benzene rings is 2. The zero-order valence-corrected chi connectivity index (χ0v) is 14.3. The van der Waals surface area contributed by atoms with E-state index in [1.54, 1.807) is 25.1 Å². The summed E-state index contributed by atoms with van der Waals surface area (Å²) in [5, 5.41) is 0.200. The number of nitrogens with two attached hydrogens (primary N) is 1. The van der Waals surface area contributed by atoms with Crippen LogP contribution in [0.3, 0.4) is 0 Å². The summed E-state index contributed by atoms with van der Waals surface area (Å²) in [6.45, 7) is 1.68. The van der Waals surface area contributed by atoms with Crippen LogP contribution in [0, 0.1) is 5.82 Å². The highest BCUT2D eigenvalue weighted by Crippen LogP contribution is 2.38. The number of amides is 1. The monoisotopic (exact) mass is 366 g/mol. The maximum absolute atomic E-state index is 14.7. The molecule has 0 heterocycles. The van der Waals surface area contributed by atoms with Gasteiger partial charge in [-0.3, -0.25) is 0 Å². The molecule has 0 aliphatic rings. The van der Waals surface area contributed by atoms with Crippen LogP contribution in [0.5, 0.6) is 0 Å². The Morgan fingerprint density at radius 1 is 1.28 bits per heavy atom. The summed E-state index contributed by atoms with van der Waals surface area (Å²) in [7, 11) is 1.17. The highest BCUT2D eigenvalue weighted by atomic mass is 35.5. The Morgan fingerprint density at radius 3 is 2.52 bits per heavy atom. The van der Waals surface area contributed by atoms with E-state index < -0.39 is 17.9 Å². The van der Waals surface area contributed by atoms with Gasteiger partial charge < -0.3 is 15.2 Å². The SMILES string of the molecule is CCOC(=O)N(c1ccccc1Cl)c1c(N)cc(C(=O)OC)cc1F. The molecule has 2 aromatic rings. The van der Waals surface area contributed by atoms with Crippen molar-refractivity contribution in [1.29, 1.82) is 0 Å². The van der Waals surface area contributed by atoms with Gasteiger partial charge in [-0.05, 0) is 31.2 Å². The number of nitrogens with zero attached hydrogens (tertiary/aromatic N) is 1. The number of anilines is 3. The molecule has 2 N–H and O–H groups in total. The zero-order chi connectivity index (χ0) is 18.6. The Labute approximate surface area is 148 Å². The van der Waals surface area contributed by atoms with Gasteiger partial charge in [0.25, 0.3) is 0 Å². The van der Waals surface area contributed by atoms with Crippen LogP contribution >= 0.6 is 11.6 Å². The standard InChI is InChI=1S/C17H16ClFN2O4/c1-3-25-17(23)21(14-7-5-4-6-11(14)18)15-12(19)8-10(9-13(15)20)16(22)24-2/h4-9H,3,20H2,1-2H3. The molecule has 0 aliphatic heterocycles. The summed E-state index contributed by atoms with van der Waals surface area (Å²) in [5.41, 5.74) is 5.60. The molecule has 1 amide bonds. The van der Waals surface area contributed by atoms with E-state index in [4.69, 9.17) is 22.1 Å². The van der Waals surface area contributed by atoms with Crippen molar-refractivity contribution in [2.75, 3.05) is 24.4 Å². The summed E-state index contributed by atoms with van der Waals surface area (Å²) >= 11 is 6.14. The van der Waals surface area contributed by atoms with Crippen LogP contribution in [0.4, 0.5) is 26.2 Å². The maximum Gasteiger partial charge on any atom is 0.419 e. The Kier molecular flexibility index (Phi) is 5.82. The van der Waals surface area contributed by atoms with Crippen LogP contribution in [0.1, 0.15) is 17.3 Å². The molecule has 0 saturated heterocycles. The zero-order valence-electron chi connectivity index (χ0n) is 13.6. The van der Waals surface area contributed by atoms with Crippen LogP contribution in [0.15, 0.2) is 36.4 Å². The number of nitrogen functional groups attached to an aromatic ring is 1. The summed E-state index contributed by atoms with van der Waals surface area (Å²) < 4.78 is 24.2. The third kappa shape index (κ3) is 3.83. The molecule has 25 heavy (non-hydrogen) atoms. The summed E-state index contributed by atoms with van der Waals surface area (Å²) in [6, 6.07) is 8.50. The highest BCUT2D eigenvalue weighted by Gasteiger charge is 2.27. The Bertz CT molecular complexity index is 790. The van der Waals surface area contributed by atoms with Crippen LogP contribution in [0.25, 0.3) is 0 Å². The number of hydrogen-bond acceptors (Lipinski definition) is 5. The second kappa shape index (κ2) is 7.85. The number of carbonyl (C=O) groups excluding carboxylic acids is 2. The lowest BCUT2D eigenvalue weighted by atomic mass is 10.1. The number of methoxy groups -OCH3 is 1. The van der Waals surface area contributed by atoms with Gasteiger partial charge in [0.1, 0.15) is 11.5 Å². The molecule has 6 nitrogen and oxygen atoms in total. The van der Waals surface area contributed by atoms with Crippen molar-refractivity contribution in [3.63, 3.8) is 0 Å². The molecule has 0 spiro atoms. The number of ether oxygens (including phenoxy) is 2. The first kappa shape index (κ1) is 18.5. The maximum atomic E-state index is 14.7. The van der Waals surface area contributed by atoms with E-state index in [1.807, 2.05) is 0 Å². The van der Waals surface area contributed by atoms with E-state index in [9.17, 15) is 14.0 Å². The topological polar surface area (TPSA) is 81.9 Å². The van der Waals surface area contributed by atoms with Crippen molar-refractivity contribution in [1.82, 2.24) is 0 Å². The van der Waals surface area contributed by atoms with E-state index in [1.165, 1.54) is 19.2 Å². The third-order valence-electron chi connectivity index (χ3n) is 3.28. The number of esters is 1. The van der Waals surface area contributed by atoms with Gasteiger partial charge in [-0.15, -0.1) is 0 Å². The van der Waals surface area contributed by atoms with Crippen molar-refractivity contribution in [2.24, 2.45) is 0 Å². The lowest BCUT2D eigenvalue weighted by Gasteiger charge is -2.25. The predicted molar refractivity (Wildman–Crippen MR) is 92.8 cm³/mol. The number of hydrogen-bond donors (Lipinski definition) is 1. The molecule has 0 saturated carbocycles. The molecular formula is C17H16ClFN2O4. The largest absolute Gasteiger partial charge is 0.465 e. The van der Waals surface area contributed by atoms with Gasteiger partial charge in [-0.2, -0.15) is 0 Å². The van der Waals surface area contributed by atoms with Crippen LogP contribution in [0.2, 0.25) is 5.02 Å². The van der Waals surface area contributed by atoms with Gasteiger partial charge in [0.05, 0.1) is 35.7 Å². The molecule has 0 aromatic heterocycles. The normalized spacial score (nSPS) is 10.2. The third-order valence-corrected chi connectivity index (χ3v) is 3.60. The molecule has 2 aromatic carbocycles. The van der Waals surface area contributed by atoms with E-state index >= 15 is 0 Å². The minimum Gasteiger partial charge on any atom is -0.465 e. The first-order valence-electron chi connectivity index (χ1n) is 7.29. The van der Waals surface area contributed by atoms with E-state index in [2.05, 4.69) is 4.74 Å². The fourth-order valence-electron chi connectivity index (χ4n) is 2.22. The van der Waals surface area contributed by atoms with Gasteiger partial charge in [-0.1, -0.05) is 23.7 Å². The van der Waals surface area contributed by atoms with Gasteiger partial charge in [0, 0.05) is 0 Å². The molecule has 0 unspecified atom stereocenters. The molecule has 0 bridgehead atoms. The molecule has 2 rings (SSSR count). The average Bonchev–Trinajstić information content (AvgIpc) is 2.58. The van der Waals surface area contributed by atoms with E-state index in [0.29, 0.717) is 0 Å². The highest BCUT2D eigenvalue weighted by molar-refractivity contribution is 6.34. The Morgan fingerprint density at radius 2 is 1.96 bits per heavy atom. The smallest absolute Gasteiger partial charge is 0.419 e. The molecule has 132 valence electrons. The predicted octanol–water partition coefficient (Wildman–Crippen LogP) is 4.14. The second-order valence-electron chi connectivity index (χ2n) is 4.87. The van der Waals surface area contributed by atoms with Crippen molar-refractivity contribution < 1.29 is 23.5 Å². The molecular weight excluding hydrogens is 351 g/mol. The molecule has 0 atom stereocenters. The second-order valence-corrected chi connectivity index (χ2v) is 5.28. The summed E-state index contributed by atoms with van der Waals surface area (Å²) in [6.07, 6.45) is -0.855. The van der Waals surface area contributed by atoms with Crippen molar-refractivity contribution >= 4 is 40.7 Å². The average molecular weight is 367 g/mol. The first-order chi connectivity index (χ1) is 11.9. The molecule has 0 radical (unpaired) electrons. The number of para-hydroxylation sites is 1. The molecule has 0 fully saturated rings. The fourth-order valence-corrected chi connectivity index (χ4v) is 2.44. The van der Waals surface area contributed by atoms with Crippen molar-refractivity contribution in [3.05, 3.63) is 52.8 Å². The van der Waals surface area contributed by atoms with E-state index in [-0.39, 0.29) is 34.3 Å².